The third-order valence-corrected chi connectivity index (χ3v) is 3.49. The lowest BCUT2D eigenvalue weighted by molar-refractivity contribution is 0.0974. The van der Waals surface area contributed by atoms with Gasteiger partial charge in [-0.3, -0.25) is 10.1 Å². The predicted octanol–water partition coefficient (Wildman–Crippen LogP) is 2.84. The van der Waals surface area contributed by atoms with Gasteiger partial charge in [0.05, 0.1) is 25.5 Å². The molecule has 0 saturated heterocycles. The highest BCUT2D eigenvalue weighted by molar-refractivity contribution is 7.80. The van der Waals surface area contributed by atoms with Gasteiger partial charge in [-0.05, 0) is 49.0 Å². The van der Waals surface area contributed by atoms with E-state index in [-0.39, 0.29) is 10.9 Å². The van der Waals surface area contributed by atoms with E-state index >= 15 is 0 Å². The Kier molecular flexibility index (Phi) is 5.59. The van der Waals surface area contributed by atoms with Gasteiger partial charge in [0.25, 0.3) is 5.91 Å². The molecule has 1 amide bonds. The van der Waals surface area contributed by atoms with E-state index in [1.54, 1.807) is 30.3 Å². The first-order chi connectivity index (χ1) is 11.4. The first-order valence-corrected chi connectivity index (χ1v) is 7.49. The number of phenolic OH excluding ortho intramolecular Hbond substituents is 1. The minimum atomic E-state index is -0.432. The first kappa shape index (κ1) is 17.6. The maximum atomic E-state index is 12.3. The number of ether oxygens (including phenoxy) is 2. The van der Waals surface area contributed by atoms with Crippen LogP contribution >= 0.6 is 12.2 Å². The molecule has 0 unspecified atom stereocenters. The van der Waals surface area contributed by atoms with E-state index in [4.69, 9.17) is 21.7 Å². The molecule has 2 rings (SSSR count). The van der Waals surface area contributed by atoms with Crippen LogP contribution in [0.2, 0.25) is 0 Å². The second-order valence-corrected chi connectivity index (χ2v) is 5.40. The molecule has 0 bridgehead atoms. The van der Waals surface area contributed by atoms with Crippen LogP contribution in [0.25, 0.3) is 0 Å². The van der Waals surface area contributed by atoms with E-state index in [9.17, 15) is 9.90 Å². The summed E-state index contributed by atoms with van der Waals surface area (Å²) in [5.74, 6) is 0.564. The maximum Gasteiger partial charge on any atom is 0.261 e. The molecule has 0 aliphatic heterocycles. The largest absolute Gasteiger partial charge is 0.506 e. The Morgan fingerprint density at radius 3 is 2.50 bits per heavy atom. The van der Waals surface area contributed by atoms with Crippen LogP contribution in [0.1, 0.15) is 15.9 Å². The molecule has 24 heavy (non-hydrogen) atoms. The fourth-order valence-corrected chi connectivity index (χ4v) is 2.26. The van der Waals surface area contributed by atoms with E-state index in [0.717, 1.165) is 5.56 Å². The molecule has 0 saturated carbocycles. The van der Waals surface area contributed by atoms with Gasteiger partial charge in [-0.25, -0.2) is 0 Å². The molecule has 0 heterocycles. The summed E-state index contributed by atoms with van der Waals surface area (Å²) in [4.78, 5) is 12.3. The quantitative estimate of drug-likeness (QED) is 0.584. The number of rotatable bonds is 4. The second-order valence-electron chi connectivity index (χ2n) is 5.00. The fourth-order valence-electron chi connectivity index (χ4n) is 2.06. The lowest BCUT2D eigenvalue weighted by Crippen LogP contribution is -2.34. The average molecular weight is 346 g/mol. The van der Waals surface area contributed by atoms with E-state index in [0.29, 0.717) is 22.7 Å². The zero-order valence-electron chi connectivity index (χ0n) is 13.5. The monoisotopic (exact) mass is 346 g/mol. The predicted molar refractivity (Wildman–Crippen MR) is 96.1 cm³/mol. The fraction of sp³-hybridized carbons (Fsp3) is 0.176. The van der Waals surface area contributed by atoms with Gasteiger partial charge < -0.3 is 19.9 Å². The first-order valence-electron chi connectivity index (χ1n) is 7.08. The van der Waals surface area contributed by atoms with Gasteiger partial charge in [0.2, 0.25) is 0 Å². The molecule has 126 valence electrons. The Labute approximate surface area is 145 Å². The van der Waals surface area contributed by atoms with Gasteiger partial charge in [-0.15, -0.1) is 0 Å². The number of hydrogen-bond donors (Lipinski definition) is 3. The Hall–Kier alpha value is -2.80. The van der Waals surface area contributed by atoms with Gasteiger partial charge >= 0.3 is 0 Å². The lowest BCUT2D eigenvalue weighted by Gasteiger charge is -2.13. The molecule has 0 spiro atoms. The van der Waals surface area contributed by atoms with Crippen molar-refractivity contribution in [3.63, 3.8) is 0 Å². The van der Waals surface area contributed by atoms with Crippen LogP contribution in [-0.4, -0.2) is 30.3 Å². The summed E-state index contributed by atoms with van der Waals surface area (Å²) in [7, 11) is 2.99. The van der Waals surface area contributed by atoms with Gasteiger partial charge in [0.1, 0.15) is 17.2 Å². The highest BCUT2D eigenvalue weighted by Crippen LogP contribution is 2.25. The van der Waals surface area contributed by atoms with Gasteiger partial charge in [-0.2, -0.15) is 0 Å². The van der Waals surface area contributed by atoms with Crippen LogP contribution in [-0.2, 0) is 0 Å². The van der Waals surface area contributed by atoms with Crippen LogP contribution in [0.3, 0.4) is 0 Å². The highest BCUT2D eigenvalue weighted by Gasteiger charge is 2.15. The normalized spacial score (nSPS) is 9.96. The molecule has 2 aromatic carbocycles. The number of carbonyl (C=O) groups is 1. The van der Waals surface area contributed by atoms with Crippen molar-refractivity contribution in [3.8, 4) is 17.2 Å². The molecule has 0 atom stereocenters. The molecule has 0 aromatic heterocycles. The van der Waals surface area contributed by atoms with Gasteiger partial charge in [0.15, 0.2) is 5.11 Å². The summed E-state index contributed by atoms with van der Waals surface area (Å²) in [5.41, 5.74) is 1.64. The molecular formula is C17H18N2O4S. The Balaban J connectivity index is 2.10. The SMILES string of the molecule is COc1ccc(C(=O)NC(=S)Nc2ccc(C)cc2O)c(OC)c1. The number of aryl methyl sites for hydroxylation is 1. The van der Waals surface area contributed by atoms with Crippen LogP contribution < -0.4 is 20.1 Å². The molecule has 7 heteroatoms. The smallest absolute Gasteiger partial charge is 0.261 e. The van der Waals surface area contributed by atoms with Crippen molar-refractivity contribution in [1.82, 2.24) is 5.32 Å². The standard InChI is InChI=1S/C17H18N2O4S/c1-10-4-7-13(14(20)8-10)18-17(24)19-16(21)12-6-5-11(22-2)9-15(12)23-3/h4-9,20H,1-3H3,(H2,18,19,21,24). The lowest BCUT2D eigenvalue weighted by atomic mass is 10.2. The molecule has 0 fully saturated rings. The molecule has 6 nitrogen and oxygen atoms in total. The number of anilines is 1. The third kappa shape index (κ3) is 4.14. The maximum absolute atomic E-state index is 12.3. The number of aromatic hydroxyl groups is 1. The van der Waals surface area contributed by atoms with Crippen molar-refractivity contribution >= 4 is 28.9 Å². The van der Waals surface area contributed by atoms with Crippen LogP contribution in [0.15, 0.2) is 36.4 Å². The average Bonchev–Trinajstić information content (AvgIpc) is 2.56. The number of benzene rings is 2. The number of nitrogens with one attached hydrogen (secondary N) is 2. The van der Waals surface area contributed by atoms with Crippen molar-refractivity contribution in [2.75, 3.05) is 19.5 Å². The summed E-state index contributed by atoms with van der Waals surface area (Å²) < 4.78 is 10.3. The van der Waals surface area contributed by atoms with Crippen molar-refractivity contribution < 1.29 is 19.4 Å². The summed E-state index contributed by atoms with van der Waals surface area (Å²) in [6.07, 6.45) is 0. The summed E-state index contributed by atoms with van der Waals surface area (Å²) in [6, 6.07) is 9.94. The number of methoxy groups -OCH3 is 2. The van der Waals surface area contributed by atoms with E-state index in [1.165, 1.54) is 14.2 Å². The molecule has 0 aliphatic carbocycles. The Bertz CT molecular complexity index is 777. The van der Waals surface area contributed by atoms with Crippen molar-refractivity contribution in [1.29, 1.82) is 0 Å². The minimum absolute atomic E-state index is 0.0497. The zero-order valence-corrected chi connectivity index (χ0v) is 14.4. The number of thiocarbonyl (C=S) groups is 1. The van der Waals surface area contributed by atoms with Crippen molar-refractivity contribution in [3.05, 3.63) is 47.5 Å². The molecule has 2 aromatic rings. The molecule has 3 N–H and O–H groups in total. The topological polar surface area (TPSA) is 79.8 Å². The number of hydrogen-bond acceptors (Lipinski definition) is 5. The number of amides is 1. The minimum Gasteiger partial charge on any atom is -0.506 e. The van der Waals surface area contributed by atoms with Gasteiger partial charge in [-0.1, -0.05) is 6.07 Å². The highest BCUT2D eigenvalue weighted by atomic mass is 32.1. The van der Waals surface area contributed by atoms with Crippen LogP contribution in [0, 0.1) is 6.92 Å². The number of carbonyl (C=O) groups excluding carboxylic acids is 1. The molecule has 0 radical (unpaired) electrons. The third-order valence-electron chi connectivity index (χ3n) is 3.28. The van der Waals surface area contributed by atoms with E-state index in [2.05, 4.69) is 10.6 Å². The zero-order chi connectivity index (χ0) is 17.7. The number of phenols is 1. The summed E-state index contributed by atoms with van der Waals surface area (Å²) >= 11 is 5.11. The summed E-state index contributed by atoms with van der Waals surface area (Å²) in [6.45, 7) is 1.86. The van der Waals surface area contributed by atoms with Crippen LogP contribution in [0.4, 0.5) is 5.69 Å². The van der Waals surface area contributed by atoms with Crippen molar-refractivity contribution in [2.24, 2.45) is 0 Å². The second kappa shape index (κ2) is 7.65. The van der Waals surface area contributed by atoms with Gasteiger partial charge in [0, 0.05) is 6.07 Å². The van der Waals surface area contributed by atoms with Crippen molar-refractivity contribution in [2.45, 2.75) is 6.92 Å². The van der Waals surface area contributed by atoms with E-state index in [1.807, 2.05) is 13.0 Å². The Morgan fingerprint density at radius 2 is 1.88 bits per heavy atom. The molecule has 0 aliphatic rings. The molecular weight excluding hydrogens is 328 g/mol. The van der Waals surface area contributed by atoms with Crippen LogP contribution in [0.5, 0.6) is 17.2 Å². The van der Waals surface area contributed by atoms with E-state index < -0.39 is 5.91 Å². The summed E-state index contributed by atoms with van der Waals surface area (Å²) in [5, 5.41) is 15.3. The Morgan fingerprint density at radius 1 is 1.12 bits per heavy atom.